The molecule has 1 N–H and O–H groups in total. The molecule has 0 aliphatic carbocycles. The topological polar surface area (TPSA) is 102 Å². The minimum absolute atomic E-state index is 0.0112. The second-order valence-electron chi connectivity index (χ2n) is 10.7. The van der Waals surface area contributed by atoms with Crippen LogP contribution < -0.4 is 19.9 Å². The minimum Gasteiger partial charge on any atom is -0.463 e. The fourth-order valence-corrected chi connectivity index (χ4v) is 5.15. The van der Waals surface area contributed by atoms with Crippen molar-refractivity contribution in [1.29, 1.82) is 0 Å². The summed E-state index contributed by atoms with van der Waals surface area (Å²) in [7, 11) is 0. The van der Waals surface area contributed by atoms with E-state index in [9.17, 15) is 18.0 Å². The number of hydrogen-bond acceptors (Lipinski definition) is 8. The number of carbonyl (C=O) groups excluding carboxylic acids is 1. The lowest BCUT2D eigenvalue weighted by atomic mass is 10.1. The first-order valence-corrected chi connectivity index (χ1v) is 13.3. The number of nitrogens with one attached hydrogen (secondary N) is 1. The van der Waals surface area contributed by atoms with Crippen molar-refractivity contribution in [2.75, 3.05) is 48.0 Å². The molecule has 0 radical (unpaired) electrons. The van der Waals surface area contributed by atoms with Crippen molar-refractivity contribution in [2.45, 2.75) is 38.3 Å². The van der Waals surface area contributed by atoms with E-state index < -0.39 is 23.6 Å². The Hall–Kier alpha value is -3.97. The molecule has 1 aromatic carbocycles. The fourth-order valence-electron chi connectivity index (χ4n) is 5.15. The van der Waals surface area contributed by atoms with Crippen LogP contribution in [0.5, 0.6) is 6.01 Å². The number of anilines is 3. The van der Waals surface area contributed by atoms with Crippen LogP contribution in [0.1, 0.15) is 25.8 Å². The van der Waals surface area contributed by atoms with Crippen LogP contribution in [-0.2, 0) is 15.7 Å². The van der Waals surface area contributed by atoms with E-state index in [0.717, 1.165) is 30.8 Å². The van der Waals surface area contributed by atoms with Crippen LogP contribution in [0, 0.1) is 5.92 Å². The molecule has 2 bridgehead atoms. The number of urea groups is 1. The van der Waals surface area contributed by atoms with E-state index in [1.54, 1.807) is 29.2 Å². The van der Waals surface area contributed by atoms with Crippen molar-refractivity contribution in [3.05, 3.63) is 54.2 Å². The van der Waals surface area contributed by atoms with Crippen LogP contribution in [0.3, 0.4) is 0 Å². The summed E-state index contributed by atoms with van der Waals surface area (Å²) in [6.45, 7) is 6.31. The summed E-state index contributed by atoms with van der Waals surface area (Å²) in [6, 6.07) is 9.53. The maximum absolute atomic E-state index is 13.6. The Bertz CT molecular complexity index is 1440. The molecule has 6 rings (SSSR count). The van der Waals surface area contributed by atoms with Gasteiger partial charge in [0, 0.05) is 30.8 Å². The van der Waals surface area contributed by atoms with Gasteiger partial charge >= 0.3 is 18.2 Å². The average molecular weight is 571 g/mol. The molecule has 0 unspecified atom stereocenters. The van der Waals surface area contributed by atoms with Gasteiger partial charge in [0.05, 0.1) is 42.8 Å². The molecular weight excluding hydrogens is 541 g/mol. The van der Waals surface area contributed by atoms with Crippen molar-refractivity contribution in [3.8, 4) is 17.3 Å². The Morgan fingerprint density at radius 3 is 2.73 bits per heavy atom. The van der Waals surface area contributed by atoms with Crippen molar-refractivity contribution >= 4 is 23.4 Å². The molecule has 2 amide bonds. The summed E-state index contributed by atoms with van der Waals surface area (Å²) in [6.07, 6.45) is -2.26. The number of ether oxygens (including phenoxy) is 3. The number of rotatable bonds is 5. The van der Waals surface area contributed by atoms with Crippen molar-refractivity contribution < 1.29 is 32.2 Å². The Labute approximate surface area is 234 Å². The molecule has 0 saturated carbocycles. The molecule has 5 heterocycles. The van der Waals surface area contributed by atoms with E-state index in [4.69, 9.17) is 14.2 Å². The van der Waals surface area contributed by atoms with E-state index in [-0.39, 0.29) is 30.4 Å². The second kappa shape index (κ2) is 10.5. The van der Waals surface area contributed by atoms with Gasteiger partial charge in [0.15, 0.2) is 11.6 Å². The highest BCUT2D eigenvalue weighted by Crippen LogP contribution is 2.41. The zero-order chi connectivity index (χ0) is 28.8. The first kappa shape index (κ1) is 27.2. The number of benzene rings is 1. The van der Waals surface area contributed by atoms with E-state index in [2.05, 4.69) is 25.2 Å². The Balaban J connectivity index is 1.20. The molecular formula is C28H29F3N6O4. The highest BCUT2D eigenvalue weighted by Gasteiger charge is 2.40. The number of pyridine rings is 1. The normalized spacial score (nSPS) is 20.1. The summed E-state index contributed by atoms with van der Waals surface area (Å²) in [5.41, 5.74) is 0.635. The molecule has 3 aliphatic rings. The molecule has 0 spiro atoms. The summed E-state index contributed by atoms with van der Waals surface area (Å²) in [5, 5.41) is 2.81. The summed E-state index contributed by atoms with van der Waals surface area (Å²) in [5.74, 6) is 0.0194. The number of carbonyl (C=O) groups is 1. The van der Waals surface area contributed by atoms with Crippen molar-refractivity contribution in [1.82, 2.24) is 15.0 Å². The highest BCUT2D eigenvalue weighted by atomic mass is 19.4. The van der Waals surface area contributed by atoms with Crippen LogP contribution in [0.2, 0.25) is 0 Å². The molecule has 2 aromatic heterocycles. The summed E-state index contributed by atoms with van der Waals surface area (Å²) < 4.78 is 57.0. The maximum Gasteiger partial charge on any atom is 0.416 e. The lowest BCUT2D eigenvalue weighted by molar-refractivity contribution is -0.264. The largest absolute Gasteiger partial charge is 0.463 e. The molecule has 13 heteroatoms. The lowest BCUT2D eigenvalue weighted by Gasteiger charge is -2.35. The standard InChI is InChI=1S/C28H29F3N6O4/c1-27(2)40-15-17(16-41-27)14-39-25-32-10-8-23(34-25)35-26(38)37-20-9-11-36(13-20)22-7-6-21(33-24(22)37)18-4-3-5-19(12-18)28(29,30)31/h3-8,10,12,17,20H,9,11,13-16H2,1-2H3,(H,32,34,35,38)/t20-/m0/s1. The van der Waals surface area contributed by atoms with E-state index >= 15 is 0 Å². The molecule has 1 atom stereocenters. The van der Waals surface area contributed by atoms with Crippen LogP contribution in [0.4, 0.5) is 35.3 Å². The summed E-state index contributed by atoms with van der Waals surface area (Å²) in [4.78, 5) is 30.4. The Morgan fingerprint density at radius 1 is 1.15 bits per heavy atom. The monoisotopic (exact) mass is 570 g/mol. The Morgan fingerprint density at radius 2 is 1.95 bits per heavy atom. The number of hydrogen-bond donors (Lipinski definition) is 1. The van der Waals surface area contributed by atoms with Gasteiger partial charge in [-0.15, -0.1) is 0 Å². The molecule has 2 fully saturated rings. The molecule has 3 aliphatic heterocycles. The van der Waals surface area contributed by atoms with Crippen LogP contribution in [-0.4, -0.2) is 65.7 Å². The van der Waals surface area contributed by atoms with Gasteiger partial charge in [-0.1, -0.05) is 12.1 Å². The number of aromatic nitrogens is 3. The fraction of sp³-hybridized carbons (Fsp3) is 0.429. The number of halogens is 3. The van der Waals surface area contributed by atoms with Gasteiger partial charge in [-0.2, -0.15) is 18.2 Å². The van der Waals surface area contributed by atoms with Gasteiger partial charge in [0.1, 0.15) is 5.82 Å². The third-order valence-corrected chi connectivity index (χ3v) is 7.31. The van der Waals surface area contributed by atoms with Crippen molar-refractivity contribution in [2.24, 2.45) is 5.92 Å². The smallest absolute Gasteiger partial charge is 0.416 e. The van der Waals surface area contributed by atoms with Crippen molar-refractivity contribution in [3.63, 3.8) is 0 Å². The predicted octanol–water partition coefficient (Wildman–Crippen LogP) is 4.97. The van der Waals surface area contributed by atoms with Crippen LogP contribution >= 0.6 is 0 Å². The molecule has 41 heavy (non-hydrogen) atoms. The summed E-state index contributed by atoms with van der Waals surface area (Å²) >= 11 is 0. The number of alkyl halides is 3. The maximum atomic E-state index is 13.6. The third kappa shape index (κ3) is 5.77. The average Bonchev–Trinajstić information content (AvgIpc) is 3.36. The van der Waals surface area contributed by atoms with Gasteiger partial charge in [-0.05, 0) is 50.6 Å². The van der Waals surface area contributed by atoms with Gasteiger partial charge in [0.2, 0.25) is 0 Å². The molecule has 3 aromatic rings. The molecule has 216 valence electrons. The van der Waals surface area contributed by atoms with Crippen LogP contribution in [0.25, 0.3) is 11.3 Å². The molecule has 2 saturated heterocycles. The van der Waals surface area contributed by atoms with E-state index in [0.29, 0.717) is 36.8 Å². The Kier molecular flexibility index (Phi) is 6.94. The predicted molar refractivity (Wildman–Crippen MR) is 144 cm³/mol. The number of amides is 2. The number of nitrogens with zero attached hydrogens (tertiary/aromatic N) is 5. The first-order chi connectivity index (χ1) is 19.6. The van der Waals surface area contributed by atoms with Gasteiger partial charge in [-0.3, -0.25) is 10.2 Å². The van der Waals surface area contributed by atoms with Gasteiger partial charge in [0.25, 0.3) is 0 Å². The zero-order valence-electron chi connectivity index (χ0n) is 22.5. The lowest BCUT2D eigenvalue weighted by Crippen LogP contribution is -2.48. The van der Waals surface area contributed by atoms with E-state index in [1.807, 2.05) is 13.8 Å². The van der Waals surface area contributed by atoms with Gasteiger partial charge in [-0.25, -0.2) is 14.8 Å². The van der Waals surface area contributed by atoms with Crippen LogP contribution in [0.15, 0.2) is 48.7 Å². The zero-order valence-corrected chi connectivity index (χ0v) is 22.5. The quantitative estimate of drug-likeness (QED) is 0.459. The highest BCUT2D eigenvalue weighted by molar-refractivity contribution is 6.04. The second-order valence-corrected chi connectivity index (χ2v) is 10.7. The number of fused-ring (bicyclic) bond motifs is 4. The van der Waals surface area contributed by atoms with E-state index in [1.165, 1.54) is 12.3 Å². The SMILES string of the molecule is CC1(C)OCC(COc2nccc(NC(=O)N3c4nc(-c5cccc(C(F)(F)F)c5)ccc4N4CC[C@H]3C4)n2)CO1. The first-order valence-electron chi connectivity index (χ1n) is 13.3. The minimum atomic E-state index is -4.48. The third-order valence-electron chi connectivity index (χ3n) is 7.31. The molecule has 10 nitrogen and oxygen atoms in total. The van der Waals surface area contributed by atoms with Gasteiger partial charge < -0.3 is 19.1 Å².